The predicted molar refractivity (Wildman–Crippen MR) is 54.0 cm³/mol. The highest BCUT2D eigenvalue weighted by molar-refractivity contribution is 5.67. The minimum absolute atomic E-state index is 0.105. The lowest BCUT2D eigenvalue weighted by molar-refractivity contribution is 0.103. The van der Waals surface area contributed by atoms with Crippen molar-refractivity contribution in [1.29, 1.82) is 0 Å². The van der Waals surface area contributed by atoms with E-state index >= 15 is 0 Å². The summed E-state index contributed by atoms with van der Waals surface area (Å²) >= 11 is 0. The Morgan fingerprint density at radius 3 is 2.14 bits per heavy atom. The summed E-state index contributed by atoms with van der Waals surface area (Å²) in [6, 6.07) is 0. The molecule has 0 N–H and O–H groups in total. The van der Waals surface area contributed by atoms with Gasteiger partial charge in [-0.1, -0.05) is 0 Å². The summed E-state index contributed by atoms with van der Waals surface area (Å²) in [7, 11) is 0. The highest BCUT2D eigenvalue weighted by Crippen LogP contribution is 2.33. The normalized spacial score (nSPS) is 31.4. The van der Waals surface area contributed by atoms with Crippen LogP contribution in [0.3, 0.4) is 0 Å². The molecular weight excluding hydrogens is 178 g/mol. The average Bonchev–Trinajstić information content (AvgIpc) is 2.50. The molecule has 3 fully saturated rings. The van der Waals surface area contributed by atoms with Crippen molar-refractivity contribution in [2.24, 2.45) is 11.8 Å². The van der Waals surface area contributed by atoms with Crippen molar-refractivity contribution in [1.82, 2.24) is 4.90 Å². The quantitative estimate of drug-likeness (QED) is 0.645. The highest BCUT2D eigenvalue weighted by atomic mass is 16.6. The number of carbonyl (C=O) groups excluding carboxylic acids is 1. The molecule has 0 spiro atoms. The standard InChI is InChI=1S/C11H19NO2/c1-2-14-11(13)12-7-9-3-4-10(8-12)6-5-9/h9-10H,2-8H2,1H3. The van der Waals surface area contributed by atoms with Gasteiger partial charge in [0.25, 0.3) is 0 Å². The molecule has 2 aliphatic heterocycles. The number of hydrogen-bond donors (Lipinski definition) is 0. The zero-order valence-electron chi connectivity index (χ0n) is 8.87. The Labute approximate surface area is 85.4 Å². The molecule has 14 heavy (non-hydrogen) atoms. The van der Waals surface area contributed by atoms with Crippen molar-refractivity contribution in [2.75, 3.05) is 19.7 Å². The Morgan fingerprint density at radius 2 is 1.71 bits per heavy atom. The van der Waals surface area contributed by atoms with Gasteiger partial charge in [-0.2, -0.15) is 0 Å². The van der Waals surface area contributed by atoms with Crippen LogP contribution in [-0.4, -0.2) is 30.7 Å². The number of carbonyl (C=O) groups is 1. The monoisotopic (exact) mass is 197 g/mol. The van der Waals surface area contributed by atoms with Gasteiger partial charge in [0.05, 0.1) is 6.61 Å². The van der Waals surface area contributed by atoms with Crippen LogP contribution in [0.2, 0.25) is 0 Å². The van der Waals surface area contributed by atoms with Crippen molar-refractivity contribution in [3.05, 3.63) is 0 Å². The van der Waals surface area contributed by atoms with E-state index < -0.39 is 0 Å². The first-order valence-corrected chi connectivity index (χ1v) is 5.71. The van der Waals surface area contributed by atoms with E-state index in [-0.39, 0.29) is 6.09 Å². The van der Waals surface area contributed by atoms with Gasteiger partial charge in [-0.3, -0.25) is 0 Å². The van der Waals surface area contributed by atoms with Gasteiger partial charge in [-0.25, -0.2) is 4.79 Å². The number of nitrogens with zero attached hydrogens (tertiary/aromatic N) is 1. The molecule has 0 radical (unpaired) electrons. The molecule has 2 bridgehead atoms. The molecule has 0 unspecified atom stereocenters. The fourth-order valence-corrected chi connectivity index (χ4v) is 2.66. The van der Waals surface area contributed by atoms with Crippen LogP contribution in [0.15, 0.2) is 0 Å². The Kier molecular flexibility index (Phi) is 2.94. The summed E-state index contributed by atoms with van der Waals surface area (Å²) in [5.41, 5.74) is 0. The van der Waals surface area contributed by atoms with Gasteiger partial charge >= 0.3 is 6.09 Å². The van der Waals surface area contributed by atoms with E-state index in [1.54, 1.807) is 0 Å². The molecule has 2 saturated heterocycles. The molecule has 0 aromatic carbocycles. The highest BCUT2D eigenvalue weighted by Gasteiger charge is 2.31. The summed E-state index contributed by atoms with van der Waals surface area (Å²) in [5, 5.41) is 0. The van der Waals surface area contributed by atoms with E-state index in [0.717, 1.165) is 24.9 Å². The van der Waals surface area contributed by atoms with Crippen LogP contribution in [0, 0.1) is 11.8 Å². The lowest BCUT2D eigenvalue weighted by Crippen LogP contribution is -2.35. The summed E-state index contributed by atoms with van der Waals surface area (Å²) < 4.78 is 5.05. The van der Waals surface area contributed by atoms with Gasteiger partial charge in [0.15, 0.2) is 0 Å². The second-order valence-electron chi connectivity index (χ2n) is 4.49. The van der Waals surface area contributed by atoms with Gasteiger partial charge in [0.1, 0.15) is 0 Å². The van der Waals surface area contributed by atoms with Crippen LogP contribution < -0.4 is 0 Å². The Balaban J connectivity index is 1.96. The predicted octanol–water partition coefficient (Wildman–Crippen LogP) is 2.26. The number of fused-ring (bicyclic) bond motifs is 4. The van der Waals surface area contributed by atoms with Crippen LogP contribution >= 0.6 is 0 Å². The lowest BCUT2D eigenvalue weighted by atomic mass is 9.84. The summed E-state index contributed by atoms with van der Waals surface area (Å²) in [6.07, 6.45) is 5.12. The lowest BCUT2D eigenvalue weighted by Gasteiger charge is -2.21. The largest absolute Gasteiger partial charge is 0.450 e. The summed E-state index contributed by atoms with van der Waals surface area (Å²) in [5.74, 6) is 1.47. The summed E-state index contributed by atoms with van der Waals surface area (Å²) in [6.45, 7) is 4.21. The molecule has 1 amide bonds. The molecule has 0 aromatic rings. The number of rotatable bonds is 1. The van der Waals surface area contributed by atoms with E-state index in [9.17, 15) is 4.79 Å². The van der Waals surface area contributed by atoms with E-state index in [2.05, 4.69) is 0 Å². The molecule has 3 rings (SSSR count). The molecule has 1 saturated carbocycles. The molecule has 80 valence electrons. The van der Waals surface area contributed by atoms with Crippen molar-refractivity contribution in [2.45, 2.75) is 32.6 Å². The first-order chi connectivity index (χ1) is 6.79. The van der Waals surface area contributed by atoms with Crippen LogP contribution in [-0.2, 0) is 4.74 Å². The third-order valence-corrected chi connectivity index (χ3v) is 3.45. The van der Waals surface area contributed by atoms with E-state index in [4.69, 9.17) is 4.74 Å². The molecule has 1 aliphatic carbocycles. The first-order valence-electron chi connectivity index (χ1n) is 5.71. The Bertz CT molecular complexity index is 195. The van der Waals surface area contributed by atoms with Crippen LogP contribution in [0.4, 0.5) is 4.79 Å². The van der Waals surface area contributed by atoms with Crippen LogP contribution in [0.5, 0.6) is 0 Å². The fraction of sp³-hybridized carbons (Fsp3) is 0.909. The zero-order valence-corrected chi connectivity index (χ0v) is 8.87. The SMILES string of the molecule is CCOC(=O)N1CC2CCC(CC2)C1. The minimum atomic E-state index is -0.105. The molecular formula is C11H19NO2. The smallest absolute Gasteiger partial charge is 0.409 e. The molecule has 2 heterocycles. The van der Waals surface area contributed by atoms with Crippen molar-refractivity contribution >= 4 is 6.09 Å². The van der Waals surface area contributed by atoms with Crippen molar-refractivity contribution < 1.29 is 9.53 Å². The second kappa shape index (κ2) is 4.20. The number of ether oxygens (including phenoxy) is 1. The molecule has 0 atom stereocenters. The molecule has 0 aromatic heterocycles. The Morgan fingerprint density at radius 1 is 1.21 bits per heavy atom. The first kappa shape index (κ1) is 9.81. The van der Waals surface area contributed by atoms with E-state index in [1.165, 1.54) is 25.7 Å². The van der Waals surface area contributed by atoms with Gasteiger partial charge in [0.2, 0.25) is 0 Å². The van der Waals surface area contributed by atoms with Crippen molar-refractivity contribution in [3.8, 4) is 0 Å². The number of amides is 1. The number of hydrogen-bond acceptors (Lipinski definition) is 2. The third-order valence-electron chi connectivity index (χ3n) is 3.45. The van der Waals surface area contributed by atoms with Crippen molar-refractivity contribution in [3.63, 3.8) is 0 Å². The average molecular weight is 197 g/mol. The molecule has 3 nitrogen and oxygen atoms in total. The maximum Gasteiger partial charge on any atom is 0.409 e. The molecule has 3 aliphatic rings. The van der Waals surface area contributed by atoms with E-state index in [1.807, 2.05) is 11.8 Å². The maximum absolute atomic E-state index is 11.6. The Hall–Kier alpha value is -0.730. The topological polar surface area (TPSA) is 29.5 Å². The fourth-order valence-electron chi connectivity index (χ4n) is 2.66. The minimum Gasteiger partial charge on any atom is -0.450 e. The van der Waals surface area contributed by atoms with Crippen LogP contribution in [0.1, 0.15) is 32.6 Å². The zero-order chi connectivity index (χ0) is 9.97. The van der Waals surface area contributed by atoms with Crippen LogP contribution in [0.25, 0.3) is 0 Å². The maximum atomic E-state index is 11.6. The molecule has 3 heteroatoms. The van der Waals surface area contributed by atoms with Gasteiger partial charge in [0, 0.05) is 13.1 Å². The van der Waals surface area contributed by atoms with E-state index in [0.29, 0.717) is 6.61 Å². The summed E-state index contributed by atoms with van der Waals surface area (Å²) in [4.78, 5) is 13.5. The third kappa shape index (κ3) is 2.02. The second-order valence-corrected chi connectivity index (χ2v) is 4.49. The van der Waals surface area contributed by atoms with Gasteiger partial charge in [-0.05, 0) is 44.4 Å². The van der Waals surface area contributed by atoms with Gasteiger partial charge < -0.3 is 9.64 Å². The van der Waals surface area contributed by atoms with Gasteiger partial charge in [-0.15, -0.1) is 0 Å².